The maximum Gasteiger partial charge on any atom is 0.337 e. The standard InChI is InChI=1S/C11H16N2O2/c1-11(2,3)10(14)15-13-9-6-4-5-8(12)7-9/h4-7,13H,12H2,1-3H3. The lowest BCUT2D eigenvalue weighted by Gasteiger charge is -2.16. The number of benzene rings is 1. The average molecular weight is 208 g/mol. The molecule has 3 N–H and O–H groups in total. The van der Waals surface area contributed by atoms with Crippen molar-refractivity contribution in [1.29, 1.82) is 0 Å². The molecule has 0 heterocycles. The molecule has 0 saturated carbocycles. The van der Waals surface area contributed by atoms with E-state index >= 15 is 0 Å². The molecule has 0 aliphatic carbocycles. The molecule has 4 heteroatoms. The highest BCUT2D eigenvalue weighted by atomic mass is 16.7. The highest BCUT2D eigenvalue weighted by Gasteiger charge is 2.23. The van der Waals surface area contributed by atoms with Crippen molar-refractivity contribution in [1.82, 2.24) is 0 Å². The number of carbonyl (C=O) groups is 1. The lowest BCUT2D eigenvalue weighted by Crippen LogP contribution is -2.25. The van der Waals surface area contributed by atoms with Crippen molar-refractivity contribution in [3.63, 3.8) is 0 Å². The molecule has 1 aromatic rings. The zero-order valence-corrected chi connectivity index (χ0v) is 9.20. The van der Waals surface area contributed by atoms with Gasteiger partial charge in [0.25, 0.3) is 0 Å². The Hall–Kier alpha value is -1.71. The van der Waals surface area contributed by atoms with Crippen LogP contribution in [0.4, 0.5) is 11.4 Å². The summed E-state index contributed by atoms with van der Waals surface area (Å²) in [5, 5.41) is 0. The Morgan fingerprint density at radius 1 is 1.40 bits per heavy atom. The van der Waals surface area contributed by atoms with Crippen molar-refractivity contribution in [3.8, 4) is 0 Å². The summed E-state index contributed by atoms with van der Waals surface area (Å²) in [6.45, 7) is 5.36. The number of nitrogens with one attached hydrogen (secondary N) is 1. The number of nitrogens with two attached hydrogens (primary N) is 1. The Kier molecular flexibility index (Phi) is 3.19. The summed E-state index contributed by atoms with van der Waals surface area (Å²) in [7, 11) is 0. The quantitative estimate of drug-likeness (QED) is 0.577. The molecule has 0 saturated heterocycles. The zero-order valence-electron chi connectivity index (χ0n) is 9.20. The topological polar surface area (TPSA) is 64.3 Å². The van der Waals surface area contributed by atoms with Gasteiger partial charge in [-0.1, -0.05) is 6.07 Å². The van der Waals surface area contributed by atoms with E-state index in [1.165, 1.54) is 0 Å². The number of nitrogen functional groups attached to an aromatic ring is 1. The third-order valence-electron chi connectivity index (χ3n) is 1.76. The first-order valence-electron chi connectivity index (χ1n) is 4.72. The second kappa shape index (κ2) is 4.21. The summed E-state index contributed by atoms with van der Waals surface area (Å²) in [5.41, 5.74) is 8.89. The molecule has 0 bridgehead atoms. The van der Waals surface area contributed by atoms with Crippen LogP contribution in [0.5, 0.6) is 0 Å². The van der Waals surface area contributed by atoms with Gasteiger partial charge in [-0.3, -0.25) is 0 Å². The van der Waals surface area contributed by atoms with Crippen molar-refractivity contribution in [2.24, 2.45) is 5.41 Å². The first-order chi connectivity index (χ1) is 6.89. The summed E-state index contributed by atoms with van der Waals surface area (Å²) in [4.78, 5) is 16.3. The van der Waals surface area contributed by atoms with Gasteiger partial charge >= 0.3 is 5.97 Å². The summed E-state index contributed by atoms with van der Waals surface area (Å²) < 4.78 is 0. The van der Waals surface area contributed by atoms with Gasteiger partial charge in [0.2, 0.25) is 0 Å². The summed E-state index contributed by atoms with van der Waals surface area (Å²) >= 11 is 0. The van der Waals surface area contributed by atoms with E-state index in [0.717, 1.165) is 0 Å². The van der Waals surface area contributed by atoms with Crippen molar-refractivity contribution < 1.29 is 9.63 Å². The zero-order chi connectivity index (χ0) is 11.5. The van der Waals surface area contributed by atoms with E-state index in [1.54, 1.807) is 45.0 Å². The lowest BCUT2D eigenvalue weighted by molar-refractivity contribution is -0.149. The minimum atomic E-state index is -0.521. The van der Waals surface area contributed by atoms with Crippen molar-refractivity contribution in [2.45, 2.75) is 20.8 Å². The first kappa shape index (κ1) is 11.4. The van der Waals surface area contributed by atoms with Gasteiger partial charge in [-0.15, -0.1) is 0 Å². The van der Waals surface area contributed by atoms with Crippen molar-refractivity contribution >= 4 is 17.3 Å². The maximum absolute atomic E-state index is 11.4. The SMILES string of the molecule is CC(C)(C)C(=O)ONc1cccc(N)c1. The van der Waals surface area contributed by atoms with Gasteiger partial charge in [-0.05, 0) is 39.0 Å². The van der Waals surface area contributed by atoms with E-state index in [-0.39, 0.29) is 5.97 Å². The fraction of sp³-hybridized carbons (Fsp3) is 0.364. The van der Waals surface area contributed by atoms with Crippen LogP contribution in [0.3, 0.4) is 0 Å². The average Bonchev–Trinajstić information content (AvgIpc) is 2.12. The molecule has 0 fully saturated rings. The van der Waals surface area contributed by atoms with Crippen LogP contribution >= 0.6 is 0 Å². The number of hydrogen-bond donors (Lipinski definition) is 2. The minimum absolute atomic E-state index is 0.315. The minimum Gasteiger partial charge on any atom is -0.399 e. The molecule has 0 aliphatic heterocycles. The lowest BCUT2D eigenvalue weighted by atomic mass is 9.98. The molecule has 15 heavy (non-hydrogen) atoms. The summed E-state index contributed by atoms with van der Waals surface area (Å²) in [5.74, 6) is -0.315. The molecule has 0 aliphatic rings. The Balaban J connectivity index is 2.55. The fourth-order valence-corrected chi connectivity index (χ4v) is 0.861. The first-order valence-corrected chi connectivity index (χ1v) is 4.72. The molecule has 0 aromatic heterocycles. The molecule has 4 nitrogen and oxygen atoms in total. The van der Waals surface area contributed by atoms with Crippen molar-refractivity contribution in [2.75, 3.05) is 11.2 Å². The number of carbonyl (C=O) groups excluding carboxylic acids is 1. The van der Waals surface area contributed by atoms with E-state index < -0.39 is 5.41 Å². The van der Waals surface area contributed by atoms with Gasteiger partial charge in [0, 0.05) is 5.69 Å². The monoisotopic (exact) mass is 208 g/mol. The van der Waals surface area contributed by atoms with Crippen LogP contribution in [-0.2, 0) is 9.63 Å². The largest absolute Gasteiger partial charge is 0.399 e. The van der Waals surface area contributed by atoms with Crippen LogP contribution in [0.1, 0.15) is 20.8 Å². The van der Waals surface area contributed by atoms with Gasteiger partial charge in [0.15, 0.2) is 0 Å². The van der Waals surface area contributed by atoms with E-state index in [9.17, 15) is 4.79 Å². The van der Waals surface area contributed by atoms with Gasteiger partial charge in [-0.2, -0.15) is 0 Å². The van der Waals surface area contributed by atoms with Gasteiger partial charge in [0.05, 0.1) is 11.1 Å². The Bertz CT molecular complexity index is 356. The second-order valence-corrected chi connectivity index (χ2v) is 4.37. The molecule has 0 unspecified atom stereocenters. The van der Waals surface area contributed by atoms with Gasteiger partial charge < -0.3 is 10.6 Å². The Morgan fingerprint density at radius 3 is 2.60 bits per heavy atom. The Labute approximate surface area is 89.4 Å². The Morgan fingerprint density at radius 2 is 2.07 bits per heavy atom. The normalized spacial score (nSPS) is 10.9. The molecular formula is C11H16N2O2. The summed E-state index contributed by atoms with van der Waals surface area (Å²) in [6, 6.07) is 7.00. The molecule has 82 valence electrons. The smallest absolute Gasteiger partial charge is 0.337 e. The molecule has 1 aromatic carbocycles. The van der Waals surface area contributed by atoms with E-state index in [2.05, 4.69) is 5.48 Å². The molecule has 1 rings (SSSR count). The predicted molar refractivity (Wildman–Crippen MR) is 60.0 cm³/mol. The number of hydrogen-bond acceptors (Lipinski definition) is 4. The molecule has 0 amide bonds. The fourth-order valence-electron chi connectivity index (χ4n) is 0.861. The van der Waals surface area contributed by atoms with E-state index in [0.29, 0.717) is 11.4 Å². The third-order valence-corrected chi connectivity index (χ3v) is 1.76. The van der Waals surface area contributed by atoms with E-state index in [1.807, 2.05) is 0 Å². The van der Waals surface area contributed by atoms with E-state index in [4.69, 9.17) is 10.6 Å². The van der Waals surface area contributed by atoms with Gasteiger partial charge in [0.1, 0.15) is 0 Å². The highest BCUT2D eigenvalue weighted by Crippen LogP contribution is 2.17. The second-order valence-electron chi connectivity index (χ2n) is 4.37. The number of rotatable bonds is 2. The van der Waals surface area contributed by atoms with Crippen LogP contribution in [-0.4, -0.2) is 5.97 Å². The van der Waals surface area contributed by atoms with Crippen LogP contribution < -0.4 is 11.2 Å². The molecule has 0 radical (unpaired) electrons. The maximum atomic E-state index is 11.4. The van der Waals surface area contributed by atoms with Crippen LogP contribution in [0.25, 0.3) is 0 Å². The molecular weight excluding hydrogens is 192 g/mol. The summed E-state index contributed by atoms with van der Waals surface area (Å²) in [6.07, 6.45) is 0. The molecule has 0 atom stereocenters. The van der Waals surface area contributed by atoms with Gasteiger partial charge in [-0.25, -0.2) is 10.3 Å². The third kappa shape index (κ3) is 3.50. The van der Waals surface area contributed by atoms with Crippen LogP contribution in [0, 0.1) is 5.41 Å². The van der Waals surface area contributed by atoms with Crippen LogP contribution in [0.2, 0.25) is 0 Å². The van der Waals surface area contributed by atoms with Crippen molar-refractivity contribution in [3.05, 3.63) is 24.3 Å². The number of anilines is 2. The van der Waals surface area contributed by atoms with Crippen LogP contribution in [0.15, 0.2) is 24.3 Å². The predicted octanol–water partition coefficient (Wildman–Crippen LogP) is 2.18. The molecule has 0 spiro atoms. The highest BCUT2D eigenvalue weighted by molar-refractivity contribution is 5.76.